The Morgan fingerprint density at radius 1 is 1.08 bits per heavy atom. The van der Waals surface area contributed by atoms with E-state index in [9.17, 15) is 9.59 Å². The molecule has 0 atom stereocenters. The highest BCUT2D eigenvalue weighted by Gasteiger charge is 2.27. The molecule has 0 aromatic heterocycles. The van der Waals surface area contributed by atoms with Crippen LogP contribution in [-0.2, 0) is 4.79 Å². The summed E-state index contributed by atoms with van der Waals surface area (Å²) in [6, 6.07) is 7.06. The fourth-order valence-corrected chi connectivity index (χ4v) is 2.04. The van der Waals surface area contributed by atoms with Crippen LogP contribution in [0.25, 0.3) is 0 Å². The lowest BCUT2D eigenvalue weighted by molar-refractivity contribution is -0.111. The van der Waals surface area contributed by atoms with Gasteiger partial charge < -0.3 is 0 Å². The number of rotatable bonds is 0. The van der Waals surface area contributed by atoms with Gasteiger partial charge in [-0.1, -0.05) is 30.5 Å². The molecule has 0 saturated carbocycles. The van der Waals surface area contributed by atoms with Crippen molar-refractivity contribution in [2.24, 2.45) is 0 Å². The van der Waals surface area contributed by atoms with Crippen LogP contribution in [0.3, 0.4) is 0 Å². The number of Topliss-reactive ketones (excluding diaryl/α,β-unsaturated/α-hetero) is 2. The molecule has 0 N–H and O–H groups in total. The minimum absolute atomic E-state index is 0.309. The van der Waals surface area contributed by atoms with E-state index in [0.29, 0.717) is 10.5 Å². The average molecular weight is 190 g/mol. The molecule has 0 radical (unpaired) electrons. The molecule has 1 aromatic carbocycles. The van der Waals surface area contributed by atoms with Gasteiger partial charge in [0.1, 0.15) is 0 Å². The lowest BCUT2D eigenvalue weighted by Crippen LogP contribution is -2.19. The van der Waals surface area contributed by atoms with Gasteiger partial charge in [0.25, 0.3) is 0 Å². The number of carbonyl (C=O) groups is 2. The van der Waals surface area contributed by atoms with Gasteiger partial charge in [-0.15, -0.1) is 0 Å². The normalized spacial score (nSPS) is 15.8. The number of ketones is 2. The quantitative estimate of drug-likeness (QED) is 0.464. The summed E-state index contributed by atoms with van der Waals surface area (Å²) in [4.78, 5) is 23.7. The predicted octanol–water partition coefficient (Wildman–Crippen LogP) is 2.06. The van der Waals surface area contributed by atoms with E-state index in [1.165, 1.54) is 11.8 Å². The Kier molecular flexibility index (Phi) is 1.81. The zero-order valence-corrected chi connectivity index (χ0v) is 7.56. The molecule has 3 heteroatoms. The van der Waals surface area contributed by atoms with Crippen molar-refractivity contribution in [2.45, 2.75) is 4.90 Å². The maximum Gasteiger partial charge on any atom is 0.239 e. The molecule has 0 spiro atoms. The van der Waals surface area contributed by atoms with E-state index >= 15 is 0 Å². The van der Waals surface area contributed by atoms with Crippen molar-refractivity contribution < 1.29 is 9.59 Å². The van der Waals surface area contributed by atoms with E-state index in [-0.39, 0.29) is 0 Å². The number of carbonyl (C=O) groups excluding carboxylic acids is 2. The van der Waals surface area contributed by atoms with Crippen LogP contribution in [0.2, 0.25) is 0 Å². The maximum absolute atomic E-state index is 11.4. The third-order valence-electron chi connectivity index (χ3n) is 1.82. The fraction of sp³-hybridized carbons (Fsp3) is 0. The standard InChI is InChI=1S/C10H6O2S/c1-6-9(11)10(12)7-4-2-3-5-8(7)13-6/h2-5H,1H2. The Labute approximate surface area is 79.6 Å². The second kappa shape index (κ2) is 2.85. The Hall–Kier alpha value is -1.35. The zero-order valence-electron chi connectivity index (χ0n) is 6.74. The monoisotopic (exact) mass is 190 g/mol. The van der Waals surface area contributed by atoms with Gasteiger partial charge in [-0.25, -0.2) is 0 Å². The van der Waals surface area contributed by atoms with Gasteiger partial charge >= 0.3 is 0 Å². The SMILES string of the molecule is C=C1Sc2ccccc2C(=O)C1=O. The lowest BCUT2D eigenvalue weighted by atomic mass is 10.1. The molecule has 0 bridgehead atoms. The van der Waals surface area contributed by atoms with Gasteiger partial charge in [0.2, 0.25) is 11.6 Å². The second-order valence-corrected chi connectivity index (χ2v) is 3.82. The highest BCUT2D eigenvalue weighted by atomic mass is 32.2. The Bertz CT molecular complexity index is 421. The van der Waals surface area contributed by atoms with E-state index in [4.69, 9.17) is 0 Å². The number of allylic oxidation sites excluding steroid dienone is 1. The molecule has 0 saturated heterocycles. The summed E-state index contributed by atoms with van der Waals surface area (Å²) in [6.45, 7) is 3.54. The Morgan fingerprint density at radius 2 is 1.77 bits per heavy atom. The van der Waals surface area contributed by atoms with Crippen LogP contribution in [0, 0.1) is 0 Å². The summed E-state index contributed by atoms with van der Waals surface area (Å²) >= 11 is 1.26. The first-order valence-corrected chi connectivity index (χ1v) is 4.56. The molecule has 0 aliphatic carbocycles. The van der Waals surface area contributed by atoms with E-state index in [2.05, 4.69) is 6.58 Å². The van der Waals surface area contributed by atoms with Gasteiger partial charge in [0, 0.05) is 10.5 Å². The van der Waals surface area contributed by atoms with Gasteiger partial charge in [0.15, 0.2) is 0 Å². The fourth-order valence-electron chi connectivity index (χ4n) is 1.17. The molecule has 1 heterocycles. The van der Waals surface area contributed by atoms with Crippen molar-refractivity contribution in [3.8, 4) is 0 Å². The van der Waals surface area contributed by atoms with Crippen LogP contribution in [0.1, 0.15) is 10.4 Å². The summed E-state index contributed by atoms with van der Waals surface area (Å²) in [7, 11) is 0. The molecule has 1 aliphatic rings. The molecule has 2 rings (SSSR count). The summed E-state index contributed by atoms with van der Waals surface area (Å²) in [5.74, 6) is -0.928. The molecule has 64 valence electrons. The number of hydrogen-bond donors (Lipinski definition) is 0. The number of thioether (sulfide) groups is 1. The molecule has 0 fully saturated rings. The van der Waals surface area contributed by atoms with E-state index in [0.717, 1.165) is 4.90 Å². The molecule has 13 heavy (non-hydrogen) atoms. The van der Waals surface area contributed by atoms with Crippen LogP contribution in [0.4, 0.5) is 0 Å². The molecular formula is C10H6O2S. The van der Waals surface area contributed by atoms with Crippen molar-refractivity contribution in [2.75, 3.05) is 0 Å². The summed E-state index contributed by atoms with van der Waals surface area (Å²) in [5.41, 5.74) is 0.491. The first kappa shape index (κ1) is 8.26. The van der Waals surface area contributed by atoms with Gasteiger partial charge in [-0.05, 0) is 12.1 Å². The summed E-state index contributed by atoms with van der Waals surface area (Å²) in [5, 5.41) is 0. The second-order valence-electron chi connectivity index (χ2n) is 2.68. The highest BCUT2D eigenvalue weighted by Crippen LogP contribution is 2.34. The molecule has 0 unspecified atom stereocenters. The molecular weight excluding hydrogens is 184 g/mol. The lowest BCUT2D eigenvalue weighted by Gasteiger charge is -2.13. The van der Waals surface area contributed by atoms with Gasteiger partial charge in [0.05, 0.1) is 4.91 Å². The number of fused-ring (bicyclic) bond motifs is 1. The van der Waals surface area contributed by atoms with Crippen LogP contribution < -0.4 is 0 Å². The van der Waals surface area contributed by atoms with Gasteiger partial charge in [-0.2, -0.15) is 0 Å². The van der Waals surface area contributed by atoms with Crippen LogP contribution >= 0.6 is 11.8 Å². The zero-order chi connectivity index (χ0) is 9.42. The third-order valence-corrected chi connectivity index (χ3v) is 2.83. The van der Waals surface area contributed by atoms with E-state index in [1.54, 1.807) is 12.1 Å². The molecule has 1 aromatic rings. The van der Waals surface area contributed by atoms with Crippen molar-refractivity contribution in [3.05, 3.63) is 41.3 Å². The van der Waals surface area contributed by atoms with Crippen LogP contribution in [0.5, 0.6) is 0 Å². The summed E-state index contributed by atoms with van der Waals surface area (Å²) < 4.78 is 0. The summed E-state index contributed by atoms with van der Waals surface area (Å²) in [6.07, 6.45) is 0. The molecule has 1 aliphatic heterocycles. The van der Waals surface area contributed by atoms with Crippen LogP contribution in [0.15, 0.2) is 40.6 Å². The number of benzene rings is 1. The van der Waals surface area contributed by atoms with Crippen molar-refractivity contribution in [1.82, 2.24) is 0 Å². The first-order valence-electron chi connectivity index (χ1n) is 3.75. The predicted molar refractivity (Wildman–Crippen MR) is 50.8 cm³/mol. The van der Waals surface area contributed by atoms with Gasteiger partial charge in [-0.3, -0.25) is 9.59 Å². The Balaban J connectivity index is 2.62. The minimum Gasteiger partial charge on any atom is -0.285 e. The maximum atomic E-state index is 11.4. The van der Waals surface area contributed by atoms with E-state index < -0.39 is 11.6 Å². The Morgan fingerprint density at radius 3 is 2.54 bits per heavy atom. The highest BCUT2D eigenvalue weighted by molar-refractivity contribution is 8.04. The van der Waals surface area contributed by atoms with Crippen molar-refractivity contribution in [1.29, 1.82) is 0 Å². The van der Waals surface area contributed by atoms with Crippen LogP contribution in [-0.4, -0.2) is 11.6 Å². The van der Waals surface area contributed by atoms with E-state index in [1.807, 2.05) is 12.1 Å². The first-order chi connectivity index (χ1) is 6.20. The third kappa shape index (κ3) is 1.21. The smallest absolute Gasteiger partial charge is 0.239 e. The largest absolute Gasteiger partial charge is 0.285 e. The van der Waals surface area contributed by atoms with Crippen molar-refractivity contribution in [3.63, 3.8) is 0 Å². The average Bonchev–Trinajstić information content (AvgIpc) is 2.15. The molecule has 0 amide bonds. The number of hydrogen-bond acceptors (Lipinski definition) is 3. The molecule has 2 nitrogen and oxygen atoms in total. The van der Waals surface area contributed by atoms with Crippen molar-refractivity contribution >= 4 is 23.3 Å². The topological polar surface area (TPSA) is 34.1 Å². The minimum atomic E-state index is -0.483.